The maximum Gasteiger partial charge on any atom is 0.316 e. The maximum absolute atomic E-state index is 13.0. The van der Waals surface area contributed by atoms with Gasteiger partial charge in [0.05, 0.1) is 58.6 Å². The first-order valence-corrected chi connectivity index (χ1v) is 13.1. The third-order valence-corrected chi connectivity index (χ3v) is 8.71. The van der Waals surface area contributed by atoms with Crippen LogP contribution in [0.5, 0.6) is 5.75 Å². The smallest absolute Gasteiger partial charge is 0.316 e. The molecule has 0 bridgehead atoms. The molecule has 0 saturated carbocycles. The van der Waals surface area contributed by atoms with Crippen molar-refractivity contribution in [1.82, 2.24) is 0 Å². The Labute approximate surface area is 245 Å². The van der Waals surface area contributed by atoms with Crippen molar-refractivity contribution < 1.29 is 23.9 Å². The van der Waals surface area contributed by atoms with Crippen molar-refractivity contribution in [3.63, 3.8) is 0 Å². The van der Waals surface area contributed by atoms with Gasteiger partial charge < -0.3 is 9.64 Å². The predicted octanol–water partition coefficient (Wildman–Crippen LogP) is 7.37. The van der Waals surface area contributed by atoms with Gasteiger partial charge in [0.1, 0.15) is 5.75 Å². The molecule has 2 aliphatic heterocycles. The molecular formula is C25H12Cl6N2O5. The normalized spacial score (nSPS) is 16.9. The molecule has 3 amide bonds. The lowest BCUT2D eigenvalue weighted by atomic mass is 10.1. The van der Waals surface area contributed by atoms with Gasteiger partial charge in [0.15, 0.2) is 0 Å². The molecule has 0 radical (unpaired) electrons. The summed E-state index contributed by atoms with van der Waals surface area (Å²) in [5.74, 6) is -2.99. The lowest BCUT2D eigenvalue weighted by molar-refractivity contribution is -0.139. The van der Waals surface area contributed by atoms with Crippen molar-refractivity contribution in [2.24, 2.45) is 5.92 Å². The fraction of sp³-hybridized carbons (Fsp3) is 0.120. The molecule has 5 rings (SSSR count). The molecule has 0 unspecified atom stereocenters. The minimum atomic E-state index is -0.743. The summed E-state index contributed by atoms with van der Waals surface area (Å²) in [4.78, 5) is 53.6. The SMILES string of the molecule is O=C(Oc1ccc(N2C(=O)c3c(Cl)c(Cl)c(Cl)c(Cl)c3C2=O)cc1)[C@@H]1CC(=O)N(c2cccc(Cl)c2Cl)C1. The molecule has 0 aromatic heterocycles. The van der Waals surface area contributed by atoms with E-state index in [2.05, 4.69) is 0 Å². The summed E-state index contributed by atoms with van der Waals surface area (Å²) in [6.45, 7) is 0.0670. The number of imide groups is 1. The van der Waals surface area contributed by atoms with Crippen molar-refractivity contribution in [1.29, 1.82) is 0 Å². The Bertz CT molecular complexity index is 1510. The number of halogens is 6. The third-order valence-electron chi connectivity index (χ3n) is 6.09. The summed E-state index contributed by atoms with van der Waals surface area (Å²) in [7, 11) is 0. The van der Waals surface area contributed by atoms with Crippen molar-refractivity contribution in [2.45, 2.75) is 6.42 Å². The highest BCUT2D eigenvalue weighted by Gasteiger charge is 2.42. The maximum atomic E-state index is 13.0. The molecular weight excluding hydrogens is 621 g/mol. The Morgan fingerprint density at radius 2 is 1.34 bits per heavy atom. The Hall–Kier alpha value is -2.52. The second-order valence-electron chi connectivity index (χ2n) is 8.34. The topological polar surface area (TPSA) is 84.0 Å². The first-order chi connectivity index (χ1) is 18.0. The van der Waals surface area contributed by atoms with Crippen molar-refractivity contribution >= 4 is 105 Å². The van der Waals surface area contributed by atoms with Gasteiger partial charge >= 0.3 is 5.97 Å². The van der Waals surface area contributed by atoms with Crippen LogP contribution in [-0.2, 0) is 9.59 Å². The van der Waals surface area contributed by atoms with E-state index in [1.54, 1.807) is 18.2 Å². The number of amides is 3. The molecule has 0 spiro atoms. The number of rotatable bonds is 4. The third kappa shape index (κ3) is 4.41. The number of hydrogen-bond acceptors (Lipinski definition) is 5. The second-order valence-corrected chi connectivity index (χ2v) is 10.6. The molecule has 2 heterocycles. The molecule has 0 aliphatic carbocycles. The minimum Gasteiger partial charge on any atom is -0.426 e. The van der Waals surface area contributed by atoms with Gasteiger partial charge in [-0.15, -0.1) is 0 Å². The van der Waals surface area contributed by atoms with Gasteiger partial charge in [-0.2, -0.15) is 0 Å². The first-order valence-electron chi connectivity index (χ1n) is 10.8. The van der Waals surface area contributed by atoms with Crippen LogP contribution in [0.1, 0.15) is 27.1 Å². The zero-order chi connectivity index (χ0) is 27.5. The van der Waals surface area contributed by atoms with Crippen LogP contribution in [0.25, 0.3) is 0 Å². The zero-order valence-corrected chi connectivity index (χ0v) is 23.3. The molecule has 13 heteroatoms. The number of ether oxygens (including phenoxy) is 1. The quantitative estimate of drug-likeness (QED) is 0.0986. The highest BCUT2D eigenvalue weighted by atomic mass is 35.5. The Kier molecular flexibility index (Phi) is 7.28. The predicted molar refractivity (Wildman–Crippen MR) is 147 cm³/mol. The van der Waals surface area contributed by atoms with Gasteiger partial charge in [-0.25, -0.2) is 4.90 Å². The van der Waals surface area contributed by atoms with Gasteiger partial charge in [0, 0.05) is 13.0 Å². The minimum absolute atomic E-state index is 0.0670. The summed E-state index contributed by atoms with van der Waals surface area (Å²) in [6, 6.07) is 10.5. The van der Waals surface area contributed by atoms with Crippen LogP contribution < -0.4 is 14.5 Å². The van der Waals surface area contributed by atoms with Crippen LogP contribution >= 0.6 is 69.6 Å². The van der Waals surface area contributed by atoms with E-state index in [0.29, 0.717) is 5.69 Å². The second kappa shape index (κ2) is 10.2. The van der Waals surface area contributed by atoms with Crippen LogP contribution in [0.2, 0.25) is 30.1 Å². The van der Waals surface area contributed by atoms with E-state index in [1.165, 1.54) is 29.2 Å². The lowest BCUT2D eigenvalue weighted by Gasteiger charge is -2.18. The highest BCUT2D eigenvalue weighted by molar-refractivity contribution is 6.56. The van der Waals surface area contributed by atoms with Gasteiger partial charge in [-0.3, -0.25) is 19.2 Å². The van der Waals surface area contributed by atoms with E-state index < -0.39 is 23.7 Å². The number of nitrogens with zero attached hydrogens (tertiary/aromatic N) is 2. The average molecular weight is 633 g/mol. The fourth-order valence-corrected chi connectivity index (χ4v) is 5.66. The van der Waals surface area contributed by atoms with Crippen LogP contribution in [0, 0.1) is 5.92 Å². The van der Waals surface area contributed by atoms with Crippen LogP contribution in [-0.4, -0.2) is 30.2 Å². The Morgan fingerprint density at radius 1 is 0.763 bits per heavy atom. The van der Waals surface area contributed by atoms with Crippen molar-refractivity contribution in [3.05, 3.63) is 83.7 Å². The molecule has 0 N–H and O–H groups in total. The first kappa shape index (κ1) is 27.1. The van der Waals surface area contributed by atoms with E-state index in [1.807, 2.05) is 0 Å². The van der Waals surface area contributed by atoms with Crippen LogP contribution in [0.4, 0.5) is 11.4 Å². The molecule has 3 aromatic carbocycles. The molecule has 1 atom stereocenters. The van der Waals surface area contributed by atoms with E-state index in [9.17, 15) is 19.2 Å². The van der Waals surface area contributed by atoms with Gasteiger partial charge in [-0.1, -0.05) is 75.7 Å². The summed E-state index contributed by atoms with van der Waals surface area (Å²) < 4.78 is 5.45. The van der Waals surface area contributed by atoms with Crippen LogP contribution in [0.15, 0.2) is 42.5 Å². The number of anilines is 2. The summed E-state index contributed by atoms with van der Waals surface area (Å²) in [5.41, 5.74) is 0.282. The summed E-state index contributed by atoms with van der Waals surface area (Å²) >= 11 is 36.7. The number of carbonyl (C=O) groups is 4. The van der Waals surface area contributed by atoms with Gasteiger partial charge in [0.25, 0.3) is 11.8 Å². The average Bonchev–Trinajstić information content (AvgIpc) is 3.40. The number of carbonyl (C=O) groups excluding carboxylic acids is 4. The van der Waals surface area contributed by atoms with Crippen LogP contribution in [0.3, 0.4) is 0 Å². The monoisotopic (exact) mass is 630 g/mol. The number of esters is 1. The molecule has 1 saturated heterocycles. The van der Waals surface area contributed by atoms with E-state index in [0.717, 1.165) is 4.90 Å². The van der Waals surface area contributed by atoms with E-state index in [4.69, 9.17) is 74.3 Å². The Morgan fingerprint density at radius 3 is 1.92 bits per heavy atom. The van der Waals surface area contributed by atoms with E-state index >= 15 is 0 Å². The Balaban J connectivity index is 1.32. The molecule has 2 aliphatic rings. The number of fused-ring (bicyclic) bond motifs is 1. The zero-order valence-electron chi connectivity index (χ0n) is 18.7. The standard InChI is InChI=1S/C25H12Cl6N2O5/c26-13-2-1-3-14(18(13)27)32-9-10(8-15(32)34)25(37)38-12-6-4-11(5-7-12)33-23(35)16-17(24(33)36)20(29)22(31)21(30)19(16)28/h1-7,10H,8-9H2/t10-/m1/s1. The summed E-state index contributed by atoms with van der Waals surface area (Å²) in [6.07, 6.45) is -0.0680. The van der Waals surface area contributed by atoms with Crippen molar-refractivity contribution in [2.75, 3.05) is 16.3 Å². The van der Waals surface area contributed by atoms with Crippen molar-refractivity contribution in [3.8, 4) is 5.75 Å². The molecule has 7 nitrogen and oxygen atoms in total. The summed E-state index contributed by atoms with van der Waals surface area (Å²) in [5, 5.41) is -0.125. The molecule has 194 valence electrons. The van der Waals surface area contributed by atoms with Gasteiger partial charge in [-0.05, 0) is 36.4 Å². The largest absolute Gasteiger partial charge is 0.426 e. The molecule has 3 aromatic rings. The lowest BCUT2D eigenvalue weighted by Crippen LogP contribution is -2.29. The number of benzene rings is 3. The molecule has 38 heavy (non-hydrogen) atoms. The number of hydrogen-bond donors (Lipinski definition) is 0. The highest BCUT2D eigenvalue weighted by Crippen LogP contribution is 2.46. The molecule has 1 fully saturated rings. The van der Waals surface area contributed by atoms with E-state index in [-0.39, 0.29) is 71.6 Å². The fourth-order valence-electron chi connectivity index (χ4n) is 4.25. The van der Waals surface area contributed by atoms with Gasteiger partial charge in [0.2, 0.25) is 5.91 Å².